The zero-order valence-electron chi connectivity index (χ0n) is 25.5. The first kappa shape index (κ1) is 35.1. The van der Waals surface area contributed by atoms with Gasteiger partial charge in [-0.15, -0.1) is 0 Å². The van der Waals surface area contributed by atoms with Crippen LogP contribution >= 0.6 is 0 Å². The number of carbonyl (C=O) groups excluding carboxylic acids is 4. The van der Waals surface area contributed by atoms with Gasteiger partial charge < -0.3 is 18.9 Å². The summed E-state index contributed by atoms with van der Waals surface area (Å²) in [4.78, 5) is 52.8. The first-order valence-electron chi connectivity index (χ1n) is 15.0. The van der Waals surface area contributed by atoms with Crippen LogP contribution in [0.3, 0.4) is 0 Å². The van der Waals surface area contributed by atoms with Gasteiger partial charge in [-0.2, -0.15) is 0 Å². The predicted molar refractivity (Wildman–Crippen MR) is 154 cm³/mol. The lowest BCUT2D eigenvalue weighted by molar-refractivity contribution is -0.174. The van der Waals surface area contributed by atoms with E-state index in [1.54, 1.807) is 27.7 Å². The molecule has 0 fully saturated rings. The number of hydrogen-bond donors (Lipinski definition) is 0. The van der Waals surface area contributed by atoms with Gasteiger partial charge in [-0.1, -0.05) is 76.6 Å². The fourth-order valence-electron chi connectivity index (χ4n) is 4.94. The van der Waals surface area contributed by atoms with Gasteiger partial charge in [-0.05, 0) is 64.5 Å². The molecule has 8 nitrogen and oxygen atoms in total. The van der Waals surface area contributed by atoms with E-state index in [0.717, 1.165) is 36.8 Å². The van der Waals surface area contributed by atoms with Gasteiger partial charge in [0.25, 0.3) is 0 Å². The van der Waals surface area contributed by atoms with Crippen molar-refractivity contribution in [3.63, 3.8) is 0 Å². The lowest BCUT2D eigenvalue weighted by Gasteiger charge is -2.30. The Bertz CT molecular complexity index is 810. The second kappa shape index (κ2) is 18.4. The third-order valence-corrected chi connectivity index (χ3v) is 7.11. The van der Waals surface area contributed by atoms with Gasteiger partial charge in [0.1, 0.15) is 0 Å². The maximum atomic E-state index is 13.2. The molecule has 0 amide bonds. The Labute approximate surface area is 240 Å². The first-order chi connectivity index (χ1) is 19.2. The summed E-state index contributed by atoms with van der Waals surface area (Å²) >= 11 is 0. The standard InChI is InChI=1S/C32H50O8/c1-7-13-15-21-31(27(33)37-9-3,28(34)38-10-4)23-25-17-19-26(20-18-25)24-32(22-16-14-8-2,29(35)39-11-5)30(36)40-12-6/h17-20H,7-16,21-24H2,1-6H3. The molecule has 0 N–H and O–H groups in total. The minimum absolute atomic E-state index is 0.131. The lowest BCUT2D eigenvalue weighted by Crippen LogP contribution is -2.44. The van der Waals surface area contributed by atoms with Crippen molar-refractivity contribution in [3.8, 4) is 0 Å². The number of benzene rings is 1. The van der Waals surface area contributed by atoms with E-state index in [2.05, 4.69) is 13.8 Å². The molecule has 0 spiro atoms. The highest BCUT2D eigenvalue weighted by Crippen LogP contribution is 2.36. The van der Waals surface area contributed by atoms with Crippen molar-refractivity contribution in [1.29, 1.82) is 0 Å². The van der Waals surface area contributed by atoms with E-state index < -0.39 is 34.7 Å². The van der Waals surface area contributed by atoms with Crippen LogP contribution in [0.5, 0.6) is 0 Å². The highest BCUT2D eigenvalue weighted by molar-refractivity contribution is 6.01. The van der Waals surface area contributed by atoms with Crippen molar-refractivity contribution in [2.75, 3.05) is 26.4 Å². The maximum Gasteiger partial charge on any atom is 0.323 e. The fraction of sp³-hybridized carbons (Fsp3) is 0.688. The van der Waals surface area contributed by atoms with Gasteiger partial charge in [0.05, 0.1) is 26.4 Å². The Morgan fingerprint density at radius 1 is 0.500 bits per heavy atom. The number of hydrogen-bond acceptors (Lipinski definition) is 8. The van der Waals surface area contributed by atoms with E-state index in [9.17, 15) is 19.2 Å². The Balaban J connectivity index is 3.42. The molecule has 226 valence electrons. The molecule has 0 saturated heterocycles. The average Bonchev–Trinajstić information content (AvgIpc) is 2.93. The van der Waals surface area contributed by atoms with Crippen LogP contribution in [0.1, 0.15) is 104 Å². The number of unbranched alkanes of at least 4 members (excludes halogenated alkanes) is 4. The monoisotopic (exact) mass is 562 g/mol. The van der Waals surface area contributed by atoms with Crippen LogP contribution in [0.4, 0.5) is 0 Å². The quantitative estimate of drug-likeness (QED) is 0.0806. The van der Waals surface area contributed by atoms with Crippen LogP contribution in [0.15, 0.2) is 24.3 Å². The third kappa shape index (κ3) is 9.63. The highest BCUT2D eigenvalue weighted by Gasteiger charge is 2.49. The Morgan fingerprint density at radius 3 is 1.00 bits per heavy atom. The van der Waals surface area contributed by atoms with E-state index in [1.807, 2.05) is 24.3 Å². The van der Waals surface area contributed by atoms with Crippen LogP contribution in [0.25, 0.3) is 0 Å². The minimum atomic E-state index is -1.44. The van der Waals surface area contributed by atoms with Crippen LogP contribution < -0.4 is 0 Å². The summed E-state index contributed by atoms with van der Waals surface area (Å²) in [6.07, 6.45) is 5.92. The molecule has 0 radical (unpaired) electrons. The van der Waals surface area contributed by atoms with Crippen molar-refractivity contribution in [2.45, 2.75) is 106 Å². The van der Waals surface area contributed by atoms with Crippen molar-refractivity contribution in [2.24, 2.45) is 10.8 Å². The SMILES string of the molecule is CCCCCC(Cc1ccc(CC(CCCCC)(C(=O)OCC)C(=O)OCC)cc1)(C(=O)OCC)C(=O)OCC. The number of carbonyl (C=O) groups is 4. The zero-order chi connectivity index (χ0) is 30.0. The van der Waals surface area contributed by atoms with Crippen molar-refractivity contribution >= 4 is 23.9 Å². The van der Waals surface area contributed by atoms with E-state index in [0.29, 0.717) is 25.7 Å². The average molecular weight is 563 g/mol. The van der Waals surface area contributed by atoms with Gasteiger partial charge in [-0.25, -0.2) is 0 Å². The Morgan fingerprint density at radius 2 is 0.775 bits per heavy atom. The summed E-state index contributed by atoms with van der Waals surface area (Å²) in [5, 5.41) is 0. The summed E-state index contributed by atoms with van der Waals surface area (Å²) < 4.78 is 21.5. The van der Waals surface area contributed by atoms with E-state index in [4.69, 9.17) is 18.9 Å². The first-order valence-corrected chi connectivity index (χ1v) is 15.0. The highest BCUT2D eigenvalue weighted by atomic mass is 16.6. The second-order valence-electron chi connectivity index (χ2n) is 10.1. The fourth-order valence-corrected chi connectivity index (χ4v) is 4.94. The van der Waals surface area contributed by atoms with Gasteiger partial charge in [0, 0.05) is 0 Å². The zero-order valence-corrected chi connectivity index (χ0v) is 25.5. The largest absolute Gasteiger partial charge is 0.465 e. The molecule has 1 aromatic carbocycles. The summed E-state index contributed by atoms with van der Waals surface area (Å²) in [7, 11) is 0. The van der Waals surface area contributed by atoms with Crippen LogP contribution in [-0.4, -0.2) is 50.3 Å². The second-order valence-corrected chi connectivity index (χ2v) is 10.1. The summed E-state index contributed by atoms with van der Waals surface area (Å²) in [6.45, 7) is 11.6. The topological polar surface area (TPSA) is 105 Å². The summed E-state index contributed by atoms with van der Waals surface area (Å²) in [6, 6.07) is 7.32. The molecule has 0 heterocycles. The minimum Gasteiger partial charge on any atom is -0.465 e. The summed E-state index contributed by atoms with van der Waals surface area (Å²) in [5.41, 5.74) is -1.37. The van der Waals surface area contributed by atoms with Gasteiger partial charge >= 0.3 is 23.9 Å². The Kier molecular flexibility index (Phi) is 16.2. The number of esters is 4. The summed E-state index contributed by atoms with van der Waals surface area (Å²) in [5.74, 6) is -2.30. The van der Waals surface area contributed by atoms with E-state index in [-0.39, 0.29) is 39.3 Å². The van der Waals surface area contributed by atoms with Crippen molar-refractivity contribution < 1.29 is 38.1 Å². The normalized spacial score (nSPS) is 11.6. The molecular weight excluding hydrogens is 512 g/mol. The van der Waals surface area contributed by atoms with E-state index in [1.165, 1.54) is 0 Å². The number of rotatable bonds is 20. The van der Waals surface area contributed by atoms with Gasteiger partial charge in [0.15, 0.2) is 10.8 Å². The molecule has 0 bridgehead atoms. The predicted octanol–water partition coefficient (Wildman–Crippen LogP) is 6.16. The van der Waals surface area contributed by atoms with E-state index >= 15 is 0 Å². The molecule has 0 aliphatic carbocycles. The van der Waals surface area contributed by atoms with Gasteiger partial charge in [-0.3, -0.25) is 19.2 Å². The van der Waals surface area contributed by atoms with Crippen molar-refractivity contribution in [3.05, 3.63) is 35.4 Å². The molecule has 1 aromatic rings. The molecule has 0 atom stereocenters. The molecule has 0 saturated carbocycles. The smallest absolute Gasteiger partial charge is 0.323 e. The molecule has 0 aliphatic rings. The molecule has 0 aromatic heterocycles. The lowest BCUT2D eigenvalue weighted by atomic mass is 9.75. The molecule has 0 unspecified atom stereocenters. The third-order valence-electron chi connectivity index (χ3n) is 7.11. The van der Waals surface area contributed by atoms with Gasteiger partial charge in [0.2, 0.25) is 0 Å². The Hall–Kier alpha value is -2.90. The van der Waals surface area contributed by atoms with Crippen LogP contribution in [0.2, 0.25) is 0 Å². The molecule has 40 heavy (non-hydrogen) atoms. The van der Waals surface area contributed by atoms with Crippen LogP contribution in [0, 0.1) is 10.8 Å². The molecular formula is C32H50O8. The molecule has 1 rings (SSSR count). The van der Waals surface area contributed by atoms with Crippen molar-refractivity contribution in [1.82, 2.24) is 0 Å². The molecule has 0 aliphatic heterocycles. The van der Waals surface area contributed by atoms with Crippen LogP contribution in [-0.2, 0) is 51.0 Å². The molecule has 8 heteroatoms. The maximum absolute atomic E-state index is 13.2. The number of ether oxygens (including phenoxy) is 4.